The summed E-state index contributed by atoms with van der Waals surface area (Å²) >= 11 is 1.61. The van der Waals surface area contributed by atoms with Gasteiger partial charge in [0.2, 0.25) is 5.91 Å². The maximum atomic E-state index is 12.2. The van der Waals surface area contributed by atoms with Gasteiger partial charge in [-0.25, -0.2) is 4.98 Å². The minimum atomic E-state index is -0.0554. The molecule has 0 fully saturated rings. The molecule has 124 valence electrons. The summed E-state index contributed by atoms with van der Waals surface area (Å²) in [5.74, 6) is 0.850. The molecule has 3 aromatic rings. The molecule has 24 heavy (non-hydrogen) atoms. The van der Waals surface area contributed by atoms with Crippen molar-refractivity contribution in [2.24, 2.45) is 0 Å². The number of fused-ring (bicyclic) bond motifs is 3. The Bertz CT molecular complexity index is 883. The van der Waals surface area contributed by atoms with Crippen LogP contribution < -0.4 is 10.1 Å². The molecule has 1 unspecified atom stereocenters. The lowest BCUT2D eigenvalue weighted by Crippen LogP contribution is -2.21. The minimum absolute atomic E-state index is 0.0484. The number of carbonyl (C=O) groups is 1. The van der Waals surface area contributed by atoms with Crippen molar-refractivity contribution in [3.05, 3.63) is 52.8 Å². The van der Waals surface area contributed by atoms with Gasteiger partial charge in [-0.15, -0.1) is 11.3 Å². The van der Waals surface area contributed by atoms with Crippen molar-refractivity contribution in [2.75, 3.05) is 6.61 Å². The summed E-state index contributed by atoms with van der Waals surface area (Å²) in [6.07, 6.45) is 3.39. The van der Waals surface area contributed by atoms with Gasteiger partial charge in [0.1, 0.15) is 5.75 Å². The molecule has 0 aliphatic carbocycles. The number of aromatic nitrogens is 2. The second-order valence-electron chi connectivity index (χ2n) is 5.92. The van der Waals surface area contributed by atoms with E-state index in [-0.39, 0.29) is 11.8 Å². The van der Waals surface area contributed by atoms with Crippen molar-refractivity contribution >= 4 is 22.2 Å². The summed E-state index contributed by atoms with van der Waals surface area (Å²) in [7, 11) is 0. The number of hydrogen-bond donors (Lipinski definition) is 1. The number of ether oxygens (including phenoxy) is 1. The van der Waals surface area contributed by atoms with E-state index in [1.807, 2.05) is 29.8 Å². The van der Waals surface area contributed by atoms with Crippen LogP contribution in [0.25, 0.3) is 4.96 Å². The van der Waals surface area contributed by atoms with E-state index in [4.69, 9.17) is 9.72 Å². The van der Waals surface area contributed by atoms with Crippen LogP contribution in [0.15, 0.2) is 35.8 Å². The van der Waals surface area contributed by atoms with Crippen LogP contribution in [0, 0.1) is 0 Å². The molecule has 0 bridgehead atoms. The summed E-state index contributed by atoms with van der Waals surface area (Å²) in [5.41, 5.74) is 3.09. The summed E-state index contributed by atoms with van der Waals surface area (Å²) < 4.78 is 8.05. The van der Waals surface area contributed by atoms with Crippen molar-refractivity contribution in [1.82, 2.24) is 14.7 Å². The zero-order chi connectivity index (χ0) is 16.5. The van der Waals surface area contributed by atoms with Gasteiger partial charge in [0.05, 0.1) is 24.5 Å². The van der Waals surface area contributed by atoms with Crippen molar-refractivity contribution in [3.63, 3.8) is 0 Å². The second-order valence-corrected chi connectivity index (χ2v) is 6.79. The fourth-order valence-corrected chi connectivity index (χ4v) is 3.99. The number of thiazole rings is 1. The molecular formula is C18H19N3O2S. The molecule has 4 rings (SSSR count). The Hall–Kier alpha value is -2.34. The first-order chi connectivity index (χ1) is 11.8. The quantitative estimate of drug-likeness (QED) is 0.792. The fraction of sp³-hybridized carbons (Fsp3) is 0.333. The van der Waals surface area contributed by atoms with Crippen molar-refractivity contribution < 1.29 is 9.53 Å². The molecule has 0 saturated heterocycles. The van der Waals surface area contributed by atoms with Gasteiger partial charge in [-0.05, 0) is 12.5 Å². The van der Waals surface area contributed by atoms with Crippen molar-refractivity contribution in [1.29, 1.82) is 0 Å². The second kappa shape index (κ2) is 6.28. The van der Waals surface area contributed by atoms with E-state index >= 15 is 0 Å². The SMILES string of the molecule is CCCOc1ccccc1C1CC(=O)NCc2nc3sccn3c21. The summed E-state index contributed by atoms with van der Waals surface area (Å²) in [5, 5.41) is 4.99. The summed E-state index contributed by atoms with van der Waals surface area (Å²) in [6, 6.07) is 8.02. The van der Waals surface area contributed by atoms with Gasteiger partial charge in [0.25, 0.3) is 0 Å². The average molecular weight is 341 g/mol. The zero-order valence-corrected chi connectivity index (χ0v) is 14.3. The van der Waals surface area contributed by atoms with Crippen LogP contribution in [0.1, 0.15) is 42.6 Å². The van der Waals surface area contributed by atoms with Crippen LogP contribution in [0.5, 0.6) is 5.75 Å². The number of rotatable bonds is 4. The van der Waals surface area contributed by atoms with E-state index in [1.165, 1.54) is 0 Å². The van der Waals surface area contributed by atoms with Crippen molar-refractivity contribution in [3.8, 4) is 5.75 Å². The van der Waals surface area contributed by atoms with E-state index in [1.54, 1.807) is 11.3 Å². The van der Waals surface area contributed by atoms with Crippen LogP contribution in [0.4, 0.5) is 0 Å². The first kappa shape index (κ1) is 15.2. The lowest BCUT2D eigenvalue weighted by atomic mass is 9.91. The first-order valence-corrected chi connectivity index (χ1v) is 9.08. The maximum absolute atomic E-state index is 12.2. The smallest absolute Gasteiger partial charge is 0.221 e. The predicted molar refractivity (Wildman–Crippen MR) is 93.6 cm³/mol. The predicted octanol–water partition coefficient (Wildman–Crippen LogP) is 3.34. The molecule has 1 aliphatic rings. The highest BCUT2D eigenvalue weighted by molar-refractivity contribution is 7.15. The Morgan fingerprint density at radius 3 is 3.17 bits per heavy atom. The van der Waals surface area contributed by atoms with Gasteiger partial charge < -0.3 is 10.1 Å². The zero-order valence-electron chi connectivity index (χ0n) is 13.5. The standard InChI is InChI=1S/C18H19N3O2S/c1-2-8-23-15-6-4-3-5-12(15)13-10-16(22)19-11-14-17(13)21-7-9-24-18(21)20-14/h3-7,9,13H,2,8,10-11H2,1H3,(H,19,22). The highest BCUT2D eigenvalue weighted by atomic mass is 32.1. The maximum Gasteiger partial charge on any atom is 0.221 e. The van der Waals surface area contributed by atoms with Crippen molar-refractivity contribution in [2.45, 2.75) is 32.2 Å². The van der Waals surface area contributed by atoms with Gasteiger partial charge in [0, 0.05) is 29.5 Å². The van der Waals surface area contributed by atoms with Gasteiger partial charge in [-0.2, -0.15) is 0 Å². The van der Waals surface area contributed by atoms with E-state index in [9.17, 15) is 4.79 Å². The monoisotopic (exact) mass is 341 g/mol. The molecule has 0 saturated carbocycles. The third-order valence-corrected chi connectivity index (χ3v) is 5.06. The minimum Gasteiger partial charge on any atom is -0.493 e. The van der Waals surface area contributed by atoms with E-state index in [0.717, 1.165) is 34.1 Å². The molecule has 6 heteroatoms. The number of imidazole rings is 1. The number of nitrogens with zero attached hydrogens (tertiary/aromatic N) is 2. The fourth-order valence-electron chi connectivity index (χ4n) is 3.25. The lowest BCUT2D eigenvalue weighted by Gasteiger charge is -2.19. The summed E-state index contributed by atoms with van der Waals surface area (Å²) in [6.45, 7) is 3.24. The molecule has 0 spiro atoms. The third kappa shape index (κ3) is 2.57. The third-order valence-electron chi connectivity index (χ3n) is 4.30. The molecule has 3 heterocycles. The Morgan fingerprint density at radius 2 is 2.29 bits per heavy atom. The van der Waals surface area contributed by atoms with Crippen LogP contribution in [0.3, 0.4) is 0 Å². The molecule has 2 aromatic heterocycles. The molecule has 1 N–H and O–H groups in total. The number of carbonyl (C=O) groups excluding carboxylic acids is 1. The van der Waals surface area contributed by atoms with Crippen LogP contribution in [-0.2, 0) is 11.3 Å². The molecule has 0 radical (unpaired) electrons. The summed E-state index contributed by atoms with van der Waals surface area (Å²) in [4.78, 5) is 17.9. The normalized spacial score (nSPS) is 17.4. The van der Waals surface area contributed by atoms with Gasteiger partial charge >= 0.3 is 0 Å². The Morgan fingerprint density at radius 1 is 1.42 bits per heavy atom. The van der Waals surface area contributed by atoms with Gasteiger partial charge in [-0.3, -0.25) is 9.20 Å². The van der Waals surface area contributed by atoms with Crippen LogP contribution >= 0.6 is 11.3 Å². The van der Waals surface area contributed by atoms with E-state index < -0.39 is 0 Å². The number of amides is 1. The van der Waals surface area contributed by atoms with E-state index in [0.29, 0.717) is 19.6 Å². The number of para-hydroxylation sites is 1. The van der Waals surface area contributed by atoms with Gasteiger partial charge in [-0.1, -0.05) is 25.1 Å². The molecule has 5 nitrogen and oxygen atoms in total. The van der Waals surface area contributed by atoms with Gasteiger partial charge in [0.15, 0.2) is 4.96 Å². The number of nitrogens with one attached hydrogen (secondary N) is 1. The van der Waals surface area contributed by atoms with E-state index in [2.05, 4.69) is 22.7 Å². The Balaban J connectivity index is 1.86. The molecule has 1 amide bonds. The Kier molecular flexibility index (Phi) is 3.98. The average Bonchev–Trinajstić information content (AvgIpc) is 3.13. The van der Waals surface area contributed by atoms with Crippen LogP contribution in [0.2, 0.25) is 0 Å². The van der Waals surface area contributed by atoms with Crippen LogP contribution in [-0.4, -0.2) is 21.9 Å². The lowest BCUT2D eigenvalue weighted by molar-refractivity contribution is -0.121. The largest absolute Gasteiger partial charge is 0.493 e. The molecule has 1 aliphatic heterocycles. The molecular weight excluding hydrogens is 322 g/mol. The molecule has 1 aromatic carbocycles. The highest BCUT2D eigenvalue weighted by Crippen LogP contribution is 2.38. The first-order valence-electron chi connectivity index (χ1n) is 8.20. The number of hydrogen-bond acceptors (Lipinski definition) is 4. The Labute approximate surface area is 144 Å². The number of benzene rings is 1. The topological polar surface area (TPSA) is 55.6 Å². The highest BCUT2D eigenvalue weighted by Gasteiger charge is 2.30. The molecule has 1 atom stereocenters.